The van der Waals surface area contributed by atoms with Gasteiger partial charge in [-0.2, -0.15) is 5.26 Å². The molecule has 2 saturated heterocycles. The minimum atomic E-state index is -0.899. The van der Waals surface area contributed by atoms with E-state index in [1.807, 2.05) is 36.9 Å². The first kappa shape index (κ1) is 26.4. The lowest BCUT2D eigenvalue weighted by atomic mass is 10.0. The molecule has 2 aromatic carbocycles. The topological polar surface area (TPSA) is 71.8 Å². The predicted octanol–water partition coefficient (Wildman–Crippen LogP) is 4.36. The number of nitrogens with one attached hydrogen (secondary N) is 1. The van der Waals surface area contributed by atoms with Gasteiger partial charge in [0.15, 0.2) is 5.11 Å². The van der Waals surface area contributed by atoms with Crippen molar-refractivity contribution in [2.75, 3.05) is 42.6 Å². The van der Waals surface area contributed by atoms with E-state index in [4.69, 9.17) is 28.6 Å². The van der Waals surface area contributed by atoms with Gasteiger partial charge in [0.25, 0.3) is 5.91 Å². The first-order valence-electron chi connectivity index (χ1n) is 12.3. The van der Waals surface area contributed by atoms with Crippen molar-refractivity contribution in [3.63, 3.8) is 0 Å². The molecule has 190 valence electrons. The van der Waals surface area contributed by atoms with E-state index in [0.717, 1.165) is 49.6 Å². The van der Waals surface area contributed by atoms with E-state index < -0.39 is 5.54 Å². The number of rotatable bonds is 7. The van der Waals surface area contributed by atoms with Gasteiger partial charge in [0.1, 0.15) is 24.0 Å². The number of nitrogens with zero attached hydrogens (tertiary/aromatic N) is 4. The minimum Gasteiger partial charge on any atom is -0.492 e. The third-order valence-electron chi connectivity index (χ3n) is 6.80. The molecule has 4 rings (SSSR count). The number of carbonyl (C=O) groups excluding carboxylic acids is 1. The summed E-state index contributed by atoms with van der Waals surface area (Å²) in [6.45, 7) is 12.6. The lowest BCUT2D eigenvalue weighted by Crippen LogP contribution is -2.50. The number of thiocarbonyl (C=S) groups is 1. The summed E-state index contributed by atoms with van der Waals surface area (Å²) in [6.07, 6.45) is 0.789. The normalized spacial score (nSPS) is 20.1. The Morgan fingerprint density at radius 1 is 1.25 bits per heavy atom. The Hall–Kier alpha value is -2.70. The summed E-state index contributed by atoms with van der Waals surface area (Å²) in [5, 5.41) is 13.3. The molecule has 0 aromatic heterocycles. The van der Waals surface area contributed by atoms with Gasteiger partial charge in [0, 0.05) is 37.9 Å². The first-order chi connectivity index (χ1) is 17.2. The van der Waals surface area contributed by atoms with Gasteiger partial charge in [-0.1, -0.05) is 18.5 Å². The molecule has 2 aliphatic rings. The number of nitriles is 1. The second-order valence-electron chi connectivity index (χ2n) is 9.74. The number of amides is 1. The highest BCUT2D eigenvalue weighted by molar-refractivity contribution is 7.81. The van der Waals surface area contributed by atoms with Gasteiger partial charge in [-0.25, -0.2) is 0 Å². The molecule has 2 heterocycles. The van der Waals surface area contributed by atoms with Gasteiger partial charge in [-0.3, -0.25) is 14.6 Å². The molecule has 0 saturated carbocycles. The van der Waals surface area contributed by atoms with Crippen molar-refractivity contribution in [2.45, 2.75) is 45.7 Å². The molecule has 0 spiro atoms. The number of ether oxygens (including phenoxy) is 1. The number of benzene rings is 2. The number of halogens is 1. The number of anilines is 2. The van der Waals surface area contributed by atoms with Gasteiger partial charge in [-0.05, 0) is 81.4 Å². The van der Waals surface area contributed by atoms with Crippen LogP contribution in [-0.4, -0.2) is 60.3 Å². The zero-order chi connectivity index (χ0) is 26.0. The quantitative estimate of drug-likeness (QED) is 0.538. The SMILES string of the molecule is CCc1cc(N2C(=S)N(c3ccc(C#N)c(Cl)c3)C(=O)C2(C)C)ccc1OCCN1CCNC(C)C1. The number of hydrogen-bond donors (Lipinski definition) is 1. The standard InChI is InChI=1S/C27H32ClN5O2S/c1-5-19-14-22(8-9-24(19)35-13-12-31-11-10-30-18(2)17-31)33-26(36)32(25(34)27(33,3)4)21-7-6-20(16-29)23(28)15-21/h6-9,14-15,18,30H,5,10-13,17H2,1-4H3. The van der Waals surface area contributed by atoms with Crippen LogP contribution in [0.4, 0.5) is 11.4 Å². The minimum absolute atomic E-state index is 0.156. The summed E-state index contributed by atoms with van der Waals surface area (Å²) in [7, 11) is 0. The van der Waals surface area contributed by atoms with Crippen LogP contribution in [0.25, 0.3) is 0 Å². The van der Waals surface area contributed by atoms with E-state index in [1.54, 1.807) is 18.2 Å². The third kappa shape index (κ3) is 5.07. The van der Waals surface area contributed by atoms with Crippen molar-refractivity contribution in [3.05, 3.63) is 52.5 Å². The van der Waals surface area contributed by atoms with Crippen LogP contribution >= 0.6 is 23.8 Å². The van der Waals surface area contributed by atoms with Gasteiger partial charge in [-0.15, -0.1) is 0 Å². The van der Waals surface area contributed by atoms with E-state index >= 15 is 0 Å². The van der Waals surface area contributed by atoms with E-state index in [2.05, 4.69) is 30.1 Å². The van der Waals surface area contributed by atoms with Crippen LogP contribution in [0, 0.1) is 11.3 Å². The number of carbonyl (C=O) groups is 1. The fourth-order valence-corrected chi connectivity index (χ4v) is 5.55. The Morgan fingerprint density at radius 3 is 2.67 bits per heavy atom. The fourth-order valence-electron chi connectivity index (χ4n) is 4.81. The summed E-state index contributed by atoms with van der Waals surface area (Å²) in [5.74, 6) is 0.700. The summed E-state index contributed by atoms with van der Waals surface area (Å²) >= 11 is 12.0. The summed E-state index contributed by atoms with van der Waals surface area (Å²) in [4.78, 5) is 19.3. The molecule has 0 aliphatic carbocycles. The molecule has 2 aromatic rings. The summed E-state index contributed by atoms with van der Waals surface area (Å²) in [6, 6.07) is 13.4. The molecule has 36 heavy (non-hydrogen) atoms. The summed E-state index contributed by atoms with van der Waals surface area (Å²) in [5.41, 5.74) is 1.89. The van der Waals surface area contributed by atoms with E-state index in [0.29, 0.717) is 29.0 Å². The molecule has 0 bridgehead atoms. The van der Waals surface area contributed by atoms with Crippen LogP contribution < -0.4 is 19.9 Å². The zero-order valence-corrected chi connectivity index (χ0v) is 22.7. The van der Waals surface area contributed by atoms with Gasteiger partial charge in [0.05, 0.1) is 16.3 Å². The van der Waals surface area contributed by atoms with Crippen molar-refractivity contribution >= 4 is 46.2 Å². The molecular formula is C27H32ClN5O2S. The Balaban J connectivity index is 1.54. The van der Waals surface area contributed by atoms with Crippen molar-refractivity contribution in [2.24, 2.45) is 0 Å². The average Bonchev–Trinajstić information content (AvgIpc) is 3.02. The van der Waals surface area contributed by atoms with Gasteiger partial charge >= 0.3 is 0 Å². The Bertz CT molecular complexity index is 1210. The van der Waals surface area contributed by atoms with Crippen LogP contribution in [0.15, 0.2) is 36.4 Å². The Kier molecular flexibility index (Phi) is 7.86. The molecule has 0 radical (unpaired) electrons. The molecule has 1 atom stereocenters. The molecule has 1 amide bonds. The monoisotopic (exact) mass is 525 g/mol. The molecule has 1 unspecified atom stereocenters. The van der Waals surface area contributed by atoms with Crippen LogP contribution in [0.1, 0.15) is 38.8 Å². The van der Waals surface area contributed by atoms with Crippen molar-refractivity contribution in [1.82, 2.24) is 10.2 Å². The van der Waals surface area contributed by atoms with Crippen molar-refractivity contribution in [1.29, 1.82) is 5.26 Å². The lowest BCUT2D eigenvalue weighted by Gasteiger charge is -2.32. The van der Waals surface area contributed by atoms with E-state index in [1.165, 1.54) is 4.90 Å². The molecule has 9 heteroatoms. The lowest BCUT2D eigenvalue weighted by molar-refractivity contribution is -0.120. The van der Waals surface area contributed by atoms with Crippen LogP contribution in [0.3, 0.4) is 0 Å². The number of aryl methyl sites for hydroxylation is 1. The predicted molar refractivity (Wildman–Crippen MR) is 148 cm³/mol. The second kappa shape index (κ2) is 10.7. The van der Waals surface area contributed by atoms with Gasteiger partial charge in [0.2, 0.25) is 0 Å². The largest absolute Gasteiger partial charge is 0.492 e. The van der Waals surface area contributed by atoms with Crippen molar-refractivity contribution in [3.8, 4) is 11.8 Å². The molecular weight excluding hydrogens is 494 g/mol. The molecule has 2 aliphatic heterocycles. The first-order valence-corrected chi connectivity index (χ1v) is 13.1. The average molecular weight is 526 g/mol. The molecule has 2 fully saturated rings. The van der Waals surface area contributed by atoms with Crippen LogP contribution in [-0.2, 0) is 11.2 Å². The fraction of sp³-hybridized carbons (Fsp3) is 0.444. The second-order valence-corrected chi connectivity index (χ2v) is 10.5. The number of piperazine rings is 1. The maximum atomic E-state index is 13.5. The molecule has 7 nitrogen and oxygen atoms in total. The smallest absolute Gasteiger partial charge is 0.259 e. The molecule has 1 N–H and O–H groups in total. The third-order valence-corrected chi connectivity index (χ3v) is 7.48. The maximum Gasteiger partial charge on any atom is 0.259 e. The summed E-state index contributed by atoms with van der Waals surface area (Å²) < 4.78 is 6.18. The highest BCUT2D eigenvalue weighted by Crippen LogP contribution is 2.38. The van der Waals surface area contributed by atoms with Crippen LogP contribution in [0.2, 0.25) is 5.02 Å². The maximum absolute atomic E-state index is 13.5. The van der Waals surface area contributed by atoms with E-state index in [9.17, 15) is 10.1 Å². The number of hydrogen-bond acceptors (Lipinski definition) is 6. The van der Waals surface area contributed by atoms with E-state index in [-0.39, 0.29) is 10.9 Å². The Morgan fingerprint density at radius 2 is 2.00 bits per heavy atom. The van der Waals surface area contributed by atoms with Gasteiger partial charge < -0.3 is 15.0 Å². The highest BCUT2D eigenvalue weighted by atomic mass is 35.5. The van der Waals surface area contributed by atoms with Crippen LogP contribution in [0.5, 0.6) is 5.75 Å². The van der Waals surface area contributed by atoms with Crippen molar-refractivity contribution < 1.29 is 9.53 Å². The zero-order valence-electron chi connectivity index (χ0n) is 21.2. The highest BCUT2D eigenvalue weighted by Gasteiger charge is 2.50. The Labute approximate surface area is 223 Å².